The molecule has 6 heteroatoms. The summed E-state index contributed by atoms with van der Waals surface area (Å²) < 4.78 is 0. The first kappa shape index (κ1) is 13.9. The van der Waals surface area contributed by atoms with E-state index in [1.54, 1.807) is 0 Å². The lowest BCUT2D eigenvalue weighted by Crippen LogP contribution is -2.50. The summed E-state index contributed by atoms with van der Waals surface area (Å²) in [7, 11) is 1.88. The van der Waals surface area contributed by atoms with Gasteiger partial charge in [-0.1, -0.05) is 0 Å². The second kappa shape index (κ2) is 6.56. The highest BCUT2D eigenvalue weighted by molar-refractivity contribution is 5.75. The summed E-state index contributed by atoms with van der Waals surface area (Å²) >= 11 is 0. The minimum atomic E-state index is -0.766. The predicted molar refractivity (Wildman–Crippen MR) is 63.5 cm³/mol. The monoisotopic (exact) mass is 243 g/mol. The van der Waals surface area contributed by atoms with Gasteiger partial charge in [0.05, 0.1) is 6.54 Å². The second-order valence-electron chi connectivity index (χ2n) is 4.68. The Morgan fingerprint density at radius 2 is 2.18 bits per heavy atom. The molecule has 1 aliphatic heterocycles. The van der Waals surface area contributed by atoms with Gasteiger partial charge in [-0.25, -0.2) is 0 Å². The van der Waals surface area contributed by atoms with Crippen molar-refractivity contribution in [3.05, 3.63) is 0 Å². The van der Waals surface area contributed by atoms with Gasteiger partial charge >= 0.3 is 5.97 Å². The fraction of sp³-hybridized carbons (Fsp3) is 0.818. The number of carbonyl (C=O) groups is 2. The highest BCUT2D eigenvalue weighted by Gasteiger charge is 2.27. The van der Waals surface area contributed by atoms with E-state index < -0.39 is 5.97 Å². The Kier molecular flexibility index (Phi) is 5.37. The van der Waals surface area contributed by atoms with Gasteiger partial charge in [-0.05, 0) is 25.8 Å². The molecule has 0 radical (unpaired) electrons. The normalized spacial score (nSPS) is 25.7. The quantitative estimate of drug-likeness (QED) is 0.570. The van der Waals surface area contributed by atoms with Gasteiger partial charge in [0.1, 0.15) is 0 Å². The van der Waals surface area contributed by atoms with Gasteiger partial charge in [-0.2, -0.15) is 0 Å². The highest BCUT2D eigenvalue weighted by Crippen LogP contribution is 2.21. The van der Waals surface area contributed by atoms with Gasteiger partial charge in [-0.15, -0.1) is 0 Å². The zero-order chi connectivity index (χ0) is 12.8. The molecule has 0 aromatic heterocycles. The molecule has 6 nitrogen and oxygen atoms in total. The van der Waals surface area contributed by atoms with Gasteiger partial charge in [0.25, 0.3) is 0 Å². The average molecular weight is 243 g/mol. The van der Waals surface area contributed by atoms with Crippen LogP contribution in [0.4, 0.5) is 0 Å². The molecular weight excluding hydrogens is 222 g/mol. The van der Waals surface area contributed by atoms with E-state index in [4.69, 9.17) is 10.8 Å². The number of primary amides is 1. The molecule has 2 unspecified atom stereocenters. The van der Waals surface area contributed by atoms with Crippen LogP contribution in [0, 0.1) is 5.92 Å². The van der Waals surface area contributed by atoms with Gasteiger partial charge in [0, 0.05) is 25.6 Å². The number of likely N-dealkylation sites (tertiary alicyclic amines) is 1. The number of amides is 1. The fourth-order valence-electron chi connectivity index (χ4n) is 2.40. The first-order valence-electron chi connectivity index (χ1n) is 5.91. The molecule has 0 aliphatic carbocycles. The van der Waals surface area contributed by atoms with Crippen molar-refractivity contribution in [3.8, 4) is 0 Å². The summed E-state index contributed by atoms with van der Waals surface area (Å²) in [6.07, 6.45) is 1.80. The summed E-state index contributed by atoms with van der Waals surface area (Å²) in [5.41, 5.74) is 5.18. The van der Waals surface area contributed by atoms with E-state index in [-0.39, 0.29) is 18.9 Å². The van der Waals surface area contributed by atoms with Crippen LogP contribution in [-0.2, 0) is 9.59 Å². The number of nitrogens with one attached hydrogen (secondary N) is 1. The Hall–Kier alpha value is -1.14. The number of carboxylic acids is 1. The SMILES string of the molecule is CNC1CC(CCC(=O)O)CN(CC(N)=O)C1. The molecule has 1 amide bonds. The number of hydrogen-bond donors (Lipinski definition) is 3. The molecule has 0 aromatic carbocycles. The lowest BCUT2D eigenvalue weighted by Gasteiger charge is -2.37. The third-order valence-corrected chi connectivity index (χ3v) is 3.17. The minimum absolute atomic E-state index is 0.186. The van der Waals surface area contributed by atoms with Crippen LogP contribution in [-0.4, -0.2) is 54.6 Å². The van der Waals surface area contributed by atoms with E-state index in [0.717, 1.165) is 19.5 Å². The van der Waals surface area contributed by atoms with E-state index >= 15 is 0 Å². The Bertz CT molecular complexity index is 283. The maximum absolute atomic E-state index is 10.9. The molecule has 2 atom stereocenters. The molecule has 0 aromatic rings. The lowest BCUT2D eigenvalue weighted by molar-refractivity contribution is -0.137. The third kappa shape index (κ3) is 5.14. The Balaban J connectivity index is 2.47. The van der Waals surface area contributed by atoms with Crippen molar-refractivity contribution in [2.45, 2.75) is 25.3 Å². The van der Waals surface area contributed by atoms with Crippen molar-refractivity contribution in [3.63, 3.8) is 0 Å². The molecule has 1 fully saturated rings. The average Bonchev–Trinajstić information content (AvgIpc) is 2.25. The number of carbonyl (C=O) groups excluding carboxylic acids is 1. The maximum atomic E-state index is 10.9. The van der Waals surface area contributed by atoms with Crippen LogP contribution in [0.25, 0.3) is 0 Å². The second-order valence-corrected chi connectivity index (χ2v) is 4.68. The van der Waals surface area contributed by atoms with Crippen LogP contribution in [0.1, 0.15) is 19.3 Å². The van der Waals surface area contributed by atoms with Crippen molar-refractivity contribution in [1.29, 1.82) is 0 Å². The molecule has 1 saturated heterocycles. The van der Waals surface area contributed by atoms with E-state index in [2.05, 4.69) is 5.32 Å². The molecular formula is C11H21N3O3. The van der Waals surface area contributed by atoms with Crippen molar-refractivity contribution >= 4 is 11.9 Å². The largest absolute Gasteiger partial charge is 0.481 e. The summed E-state index contributed by atoms with van der Waals surface area (Å²) in [5.74, 6) is -0.784. The number of nitrogens with two attached hydrogens (primary N) is 1. The van der Waals surface area contributed by atoms with E-state index in [1.807, 2.05) is 11.9 Å². The third-order valence-electron chi connectivity index (χ3n) is 3.17. The zero-order valence-corrected chi connectivity index (χ0v) is 10.2. The van der Waals surface area contributed by atoms with Gasteiger partial charge in [-0.3, -0.25) is 14.5 Å². The number of carboxylic acid groups (broad SMARTS) is 1. The molecule has 98 valence electrons. The van der Waals surface area contributed by atoms with Gasteiger partial charge in [0.15, 0.2) is 0 Å². The van der Waals surface area contributed by atoms with Crippen LogP contribution in [0.2, 0.25) is 0 Å². The molecule has 0 bridgehead atoms. The van der Waals surface area contributed by atoms with E-state index in [0.29, 0.717) is 18.4 Å². The fourth-order valence-corrected chi connectivity index (χ4v) is 2.40. The number of aliphatic carboxylic acids is 1. The smallest absolute Gasteiger partial charge is 0.303 e. The van der Waals surface area contributed by atoms with Crippen molar-refractivity contribution in [2.24, 2.45) is 11.7 Å². The number of likely N-dealkylation sites (N-methyl/N-ethyl adjacent to an activating group) is 1. The molecule has 17 heavy (non-hydrogen) atoms. The van der Waals surface area contributed by atoms with Crippen LogP contribution >= 0.6 is 0 Å². The van der Waals surface area contributed by atoms with Gasteiger partial charge < -0.3 is 16.2 Å². The predicted octanol–water partition coefficient (Wildman–Crippen LogP) is -0.754. The van der Waals surface area contributed by atoms with E-state index in [1.165, 1.54) is 0 Å². The van der Waals surface area contributed by atoms with Crippen LogP contribution < -0.4 is 11.1 Å². The standard InChI is InChI=1S/C11H21N3O3/c1-13-9-4-8(2-3-11(16)17)5-14(6-9)7-10(12)15/h8-9,13H,2-7H2,1H3,(H2,12,15)(H,16,17). The summed E-state index contributed by atoms with van der Waals surface area (Å²) in [5, 5.41) is 11.9. The van der Waals surface area contributed by atoms with Crippen molar-refractivity contribution < 1.29 is 14.7 Å². The first-order valence-corrected chi connectivity index (χ1v) is 5.91. The van der Waals surface area contributed by atoms with Crippen molar-refractivity contribution in [2.75, 3.05) is 26.7 Å². The number of rotatable bonds is 6. The van der Waals surface area contributed by atoms with Crippen LogP contribution in [0.5, 0.6) is 0 Å². The molecule has 0 spiro atoms. The first-order chi connectivity index (χ1) is 8.01. The number of nitrogens with zero attached hydrogens (tertiary/aromatic N) is 1. The molecule has 1 aliphatic rings. The molecule has 1 rings (SSSR count). The molecule has 1 heterocycles. The summed E-state index contributed by atoms with van der Waals surface area (Å²) in [6.45, 7) is 1.80. The Labute approximate surface area is 101 Å². The Morgan fingerprint density at radius 1 is 1.47 bits per heavy atom. The van der Waals surface area contributed by atoms with Crippen LogP contribution in [0.3, 0.4) is 0 Å². The van der Waals surface area contributed by atoms with Crippen molar-refractivity contribution in [1.82, 2.24) is 10.2 Å². The summed E-state index contributed by atoms with van der Waals surface area (Å²) in [4.78, 5) is 23.4. The van der Waals surface area contributed by atoms with Crippen LogP contribution in [0.15, 0.2) is 0 Å². The minimum Gasteiger partial charge on any atom is -0.481 e. The Morgan fingerprint density at radius 3 is 2.71 bits per heavy atom. The maximum Gasteiger partial charge on any atom is 0.303 e. The number of piperidine rings is 1. The van der Waals surface area contributed by atoms with Gasteiger partial charge in [0.2, 0.25) is 5.91 Å². The molecule has 4 N–H and O–H groups in total. The highest BCUT2D eigenvalue weighted by atomic mass is 16.4. The zero-order valence-electron chi connectivity index (χ0n) is 10.2. The topological polar surface area (TPSA) is 95.7 Å². The lowest BCUT2D eigenvalue weighted by atomic mass is 9.90. The summed E-state index contributed by atoms with van der Waals surface area (Å²) in [6, 6.07) is 0.307. The molecule has 0 saturated carbocycles. The number of hydrogen-bond acceptors (Lipinski definition) is 4. The van der Waals surface area contributed by atoms with E-state index in [9.17, 15) is 9.59 Å².